The Balaban J connectivity index is 1.53. The Hall–Kier alpha value is -2.00. The molecule has 1 amide bonds. The quantitative estimate of drug-likeness (QED) is 0.371. The third-order valence-corrected chi connectivity index (χ3v) is 10.8. The number of carbonyl (C=O) groups excluding carboxylic acids is 1. The normalized spacial score (nSPS) is 18.9. The molecule has 0 unspecified atom stereocenters. The molecule has 2 N–H and O–H groups in total. The first-order valence-corrected chi connectivity index (χ1v) is 15.9. The van der Waals surface area contributed by atoms with Crippen molar-refractivity contribution < 1.29 is 26.4 Å². The van der Waals surface area contributed by atoms with E-state index in [1.165, 1.54) is 52.8 Å². The topological polar surface area (TPSA) is 122 Å². The standard InChI is InChI=1S/C23H23BrClN3O6S3/c1-14-12-28(13-15(2)34-14)37(32,33)18-6-4-17(5-7-18)26-23(29)19-11-16(24)3-8-20(19)27-36(30,31)22-10-9-21(25)35-22/h3-11,14-15,27H,12-13H2,1-2H3,(H,26,29)/t14-,15+. The van der Waals surface area contributed by atoms with Crippen LogP contribution in [0.1, 0.15) is 24.2 Å². The Bertz CT molecular complexity index is 1520. The summed E-state index contributed by atoms with van der Waals surface area (Å²) in [6.45, 7) is 4.15. The first-order chi connectivity index (χ1) is 17.3. The lowest BCUT2D eigenvalue weighted by molar-refractivity contribution is -0.0440. The lowest BCUT2D eigenvalue weighted by Gasteiger charge is -2.34. The van der Waals surface area contributed by atoms with Crippen molar-refractivity contribution >= 4 is 76.2 Å². The number of morpholine rings is 1. The van der Waals surface area contributed by atoms with Gasteiger partial charge in [-0.05, 0) is 68.4 Å². The van der Waals surface area contributed by atoms with E-state index in [1.54, 1.807) is 6.07 Å². The van der Waals surface area contributed by atoms with Crippen LogP contribution in [0.3, 0.4) is 0 Å². The number of carbonyl (C=O) groups is 1. The molecule has 9 nitrogen and oxygen atoms in total. The van der Waals surface area contributed by atoms with Gasteiger partial charge in [0.25, 0.3) is 15.9 Å². The summed E-state index contributed by atoms with van der Waals surface area (Å²) >= 11 is 10.1. The summed E-state index contributed by atoms with van der Waals surface area (Å²) in [7, 11) is -7.70. The Morgan fingerprint density at radius 1 is 1.03 bits per heavy atom. The lowest BCUT2D eigenvalue weighted by Crippen LogP contribution is -2.48. The number of nitrogens with one attached hydrogen (secondary N) is 2. The molecule has 0 radical (unpaired) electrons. The van der Waals surface area contributed by atoms with Gasteiger partial charge in [0.1, 0.15) is 4.21 Å². The Morgan fingerprint density at radius 3 is 2.27 bits per heavy atom. The average Bonchev–Trinajstić information content (AvgIpc) is 3.27. The Labute approximate surface area is 233 Å². The van der Waals surface area contributed by atoms with Gasteiger partial charge in [-0.15, -0.1) is 11.3 Å². The number of halogens is 2. The number of rotatable bonds is 7. The third kappa shape index (κ3) is 6.53. The van der Waals surface area contributed by atoms with Gasteiger partial charge in [-0.25, -0.2) is 16.8 Å². The number of benzene rings is 2. The predicted octanol–water partition coefficient (Wildman–Crippen LogP) is 5.02. The van der Waals surface area contributed by atoms with Gasteiger partial charge in [0.05, 0.1) is 32.7 Å². The van der Waals surface area contributed by atoms with E-state index in [4.69, 9.17) is 16.3 Å². The third-order valence-electron chi connectivity index (χ3n) is 5.42. The Morgan fingerprint density at radius 2 is 1.68 bits per heavy atom. The van der Waals surface area contributed by atoms with Crippen molar-refractivity contribution in [1.82, 2.24) is 4.31 Å². The average molecular weight is 649 g/mol. The number of nitrogens with zero attached hydrogens (tertiary/aromatic N) is 1. The zero-order valence-electron chi connectivity index (χ0n) is 19.6. The van der Waals surface area contributed by atoms with Crippen molar-refractivity contribution in [3.05, 3.63) is 69.0 Å². The van der Waals surface area contributed by atoms with Crippen LogP contribution in [0.5, 0.6) is 0 Å². The summed E-state index contributed by atoms with van der Waals surface area (Å²) in [6, 6.07) is 13.2. The minimum absolute atomic E-state index is 0.00707. The van der Waals surface area contributed by atoms with Gasteiger partial charge in [0.15, 0.2) is 0 Å². The van der Waals surface area contributed by atoms with Crippen molar-refractivity contribution in [2.45, 2.75) is 35.2 Å². The van der Waals surface area contributed by atoms with Crippen LogP contribution >= 0.6 is 38.9 Å². The summed E-state index contributed by atoms with van der Waals surface area (Å²) in [4.78, 5) is 13.2. The van der Waals surface area contributed by atoms with E-state index in [0.717, 1.165) is 11.3 Å². The number of hydrogen-bond acceptors (Lipinski definition) is 7. The molecule has 0 spiro atoms. The van der Waals surface area contributed by atoms with Crippen LogP contribution in [0.15, 0.2) is 68.2 Å². The van der Waals surface area contributed by atoms with E-state index in [9.17, 15) is 21.6 Å². The molecule has 1 aliphatic rings. The van der Waals surface area contributed by atoms with Crippen LogP contribution < -0.4 is 10.0 Å². The summed E-state index contributed by atoms with van der Waals surface area (Å²) in [5, 5.41) is 2.69. The van der Waals surface area contributed by atoms with Gasteiger partial charge >= 0.3 is 0 Å². The molecule has 1 saturated heterocycles. The SMILES string of the molecule is C[C@@H]1CN(S(=O)(=O)c2ccc(NC(=O)c3cc(Br)ccc3NS(=O)(=O)c3ccc(Cl)s3)cc2)C[C@H](C)O1. The van der Waals surface area contributed by atoms with Crippen LogP contribution in [0, 0.1) is 0 Å². The molecule has 2 atom stereocenters. The molecule has 1 aliphatic heterocycles. The maximum Gasteiger partial charge on any atom is 0.271 e. The lowest BCUT2D eigenvalue weighted by atomic mass is 10.1. The molecule has 4 rings (SSSR count). The minimum atomic E-state index is -3.97. The van der Waals surface area contributed by atoms with Crippen LogP contribution in [0.2, 0.25) is 4.34 Å². The van der Waals surface area contributed by atoms with Crippen LogP contribution in [0.4, 0.5) is 11.4 Å². The molecule has 0 aliphatic carbocycles. The predicted molar refractivity (Wildman–Crippen MR) is 147 cm³/mol. The first-order valence-electron chi connectivity index (χ1n) is 11.0. The Kier molecular flexibility index (Phi) is 8.34. The van der Waals surface area contributed by atoms with Gasteiger partial charge in [0, 0.05) is 23.2 Å². The van der Waals surface area contributed by atoms with Gasteiger partial charge in [-0.3, -0.25) is 9.52 Å². The molecular formula is C23H23BrClN3O6S3. The molecule has 0 saturated carbocycles. The fraction of sp³-hybridized carbons (Fsp3) is 0.261. The highest BCUT2D eigenvalue weighted by Gasteiger charge is 2.32. The zero-order valence-corrected chi connectivity index (χ0v) is 24.4. The van der Waals surface area contributed by atoms with Gasteiger partial charge in [-0.1, -0.05) is 27.5 Å². The van der Waals surface area contributed by atoms with E-state index in [0.29, 0.717) is 14.5 Å². The van der Waals surface area contributed by atoms with Crippen molar-refractivity contribution in [3.63, 3.8) is 0 Å². The summed E-state index contributed by atoms with van der Waals surface area (Å²) in [5.74, 6) is -0.588. The highest BCUT2D eigenvalue weighted by atomic mass is 79.9. The fourth-order valence-electron chi connectivity index (χ4n) is 3.82. The maximum absolute atomic E-state index is 13.1. The second-order valence-corrected chi connectivity index (χ2v) is 14.9. The van der Waals surface area contributed by atoms with Crippen LogP contribution in [-0.4, -0.2) is 52.3 Å². The number of thiophene rings is 1. The molecule has 1 aromatic heterocycles. The van der Waals surface area contributed by atoms with Crippen molar-refractivity contribution in [1.29, 1.82) is 0 Å². The molecular weight excluding hydrogens is 626 g/mol. The minimum Gasteiger partial charge on any atom is -0.373 e. The number of hydrogen-bond donors (Lipinski definition) is 2. The van der Waals surface area contributed by atoms with Crippen LogP contribution in [-0.2, 0) is 24.8 Å². The van der Waals surface area contributed by atoms with Crippen molar-refractivity contribution in [3.8, 4) is 0 Å². The number of sulfonamides is 2. The largest absolute Gasteiger partial charge is 0.373 e. The van der Waals surface area contributed by atoms with Crippen LogP contribution in [0.25, 0.3) is 0 Å². The number of amides is 1. The van der Waals surface area contributed by atoms with Gasteiger partial charge < -0.3 is 10.1 Å². The molecule has 37 heavy (non-hydrogen) atoms. The van der Waals surface area contributed by atoms with E-state index in [2.05, 4.69) is 26.0 Å². The monoisotopic (exact) mass is 647 g/mol. The first kappa shape index (κ1) is 28.0. The van der Waals surface area contributed by atoms with E-state index in [-0.39, 0.29) is 45.7 Å². The van der Waals surface area contributed by atoms with Gasteiger partial charge in [0.2, 0.25) is 10.0 Å². The highest BCUT2D eigenvalue weighted by Crippen LogP contribution is 2.30. The van der Waals surface area contributed by atoms with E-state index >= 15 is 0 Å². The summed E-state index contributed by atoms with van der Waals surface area (Å²) in [6.07, 6.45) is -0.434. The maximum atomic E-state index is 13.1. The molecule has 198 valence electrons. The smallest absolute Gasteiger partial charge is 0.271 e. The molecule has 1 fully saturated rings. The highest BCUT2D eigenvalue weighted by molar-refractivity contribution is 9.10. The second-order valence-electron chi connectivity index (χ2n) is 8.41. The van der Waals surface area contributed by atoms with Gasteiger partial charge in [-0.2, -0.15) is 4.31 Å². The van der Waals surface area contributed by atoms with E-state index in [1.807, 2.05) is 13.8 Å². The fourth-order valence-corrected chi connectivity index (χ4v) is 8.33. The molecule has 14 heteroatoms. The number of ether oxygens (including phenoxy) is 1. The van der Waals surface area contributed by atoms with Crippen molar-refractivity contribution in [2.75, 3.05) is 23.1 Å². The molecule has 3 aromatic rings. The van der Waals surface area contributed by atoms with Crippen molar-refractivity contribution in [2.24, 2.45) is 0 Å². The summed E-state index contributed by atoms with van der Waals surface area (Å²) < 4.78 is 62.0. The zero-order chi connectivity index (χ0) is 27.0. The number of anilines is 2. The molecule has 2 heterocycles. The molecule has 2 aromatic carbocycles. The van der Waals surface area contributed by atoms with E-state index < -0.39 is 26.0 Å². The summed E-state index contributed by atoms with van der Waals surface area (Å²) in [5.41, 5.74) is 0.472. The second kappa shape index (κ2) is 11.0. The molecule has 0 bridgehead atoms.